The van der Waals surface area contributed by atoms with Crippen LogP contribution >= 0.6 is 0 Å². The van der Waals surface area contributed by atoms with Gasteiger partial charge in [0.05, 0.1) is 0 Å². The highest BCUT2D eigenvalue weighted by Gasteiger charge is 2.05. The minimum Gasteiger partial charge on any atom is -0.310 e. The summed E-state index contributed by atoms with van der Waals surface area (Å²) in [7, 11) is 0. The van der Waals surface area contributed by atoms with E-state index in [9.17, 15) is 4.39 Å². The highest BCUT2D eigenvalue weighted by Crippen LogP contribution is 2.10. The molecule has 0 saturated carbocycles. The lowest BCUT2D eigenvalue weighted by Crippen LogP contribution is -2.26. The van der Waals surface area contributed by atoms with Gasteiger partial charge in [0, 0.05) is 12.6 Å². The Bertz CT molecular complexity index is 334. The molecule has 0 heterocycles. The van der Waals surface area contributed by atoms with Gasteiger partial charge in [-0.1, -0.05) is 26.0 Å². The van der Waals surface area contributed by atoms with Crippen LogP contribution in [0.5, 0.6) is 0 Å². The number of aryl methyl sites for hydroxylation is 1. The first kappa shape index (κ1) is 13.2. The molecular weight excluding hydrogens is 201 g/mol. The van der Waals surface area contributed by atoms with Gasteiger partial charge in [-0.15, -0.1) is 0 Å². The first-order valence-electron chi connectivity index (χ1n) is 5.97. The van der Waals surface area contributed by atoms with E-state index in [4.69, 9.17) is 0 Å². The van der Waals surface area contributed by atoms with Crippen LogP contribution < -0.4 is 5.32 Å². The van der Waals surface area contributed by atoms with E-state index in [0.717, 1.165) is 18.5 Å². The van der Waals surface area contributed by atoms with E-state index >= 15 is 0 Å². The first-order chi connectivity index (χ1) is 7.49. The molecule has 1 aromatic carbocycles. The first-order valence-corrected chi connectivity index (χ1v) is 5.97. The van der Waals surface area contributed by atoms with Crippen LogP contribution in [0.15, 0.2) is 18.2 Å². The highest BCUT2D eigenvalue weighted by molar-refractivity contribution is 5.23. The van der Waals surface area contributed by atoms with Crippen LogP contribution in [0.1, 0.15) is 38.3 Å². The minimum absolute atomic E-state index is 0.115. The van der Waals surface area contributed by atoms with E-state index in [1.54, 1.807) is 13.0 Å². The van der Waals surface area contributed by atoms with Crippen LogP contribution in [0, 0.1) is 18.7 Å². The third kappa shape index (κ3) is 4.31. The van der Waals surface area contributed by atoms with E-state index in [-0.39, 0.29) is 5.82 Å². The zero-order chi connectivity index (χ0) is 12.1. The quantitative estimate of drug-likeness (QED) is 0.803. The fourth-order valence-electron chi connectivity index (χ4n) is 1.83. The van der Waals surface area contributed by atoms with Crippen molar-refractivity contribution in [2.45, 2.75) is 46.7 Å². The molecule has 0 aromatic heterocycles. The van der Waals surface area contributed by atoms with Crippen molar-refractivity contribution in [1.29, 1.82) is 0 Å². The third-order valence-electron chi connectivity index (χ3n) is 2.72. The molecule has 1 nitrogen and oxygen atoms in total. The Balaban J connectivity index is 2.45. The predicted octanol–water partition coefficient (Wildman–Crippen LogP) is 3.66. The van der Waals surface area contributed by atoms with Gasteiger partial charge in [-0.05, 0) is 43.4 Å². The molecule has 16 heavy (non-hydrogen) atoms. The normalized spacial score (nSPS) is 13.1. The van der Waals surface area contributed by atoms with Crippen molar-refractivity contribution >= 4 is 0 Å². The Labute approximate surface area is 98.1 Å². The standard InChI is InChI=1S/C14H22FN/c1-10(2)7-12(4)16-9-13-6-5-11(3)14(15)8-13/h5-6,8,10,12,16H,7,9H2,1-4H3. The molecule has 0 aliphatic rings. The lowest BCUT2D eigenvalue weighted by Gasteiger charge is -2.16. The summed E-state index contributed by atoms with van der Waals surface area (Å²) in [5, 5.41) is 3.41. The summed E-state index contributed by atoms with van der Waals surface area (Å²) in [6.07, 6.45) is 1.15. The Morgan fingerprint density at radius 3 is 2.50 bits per heavy atom. The highest BCUT2D eigenvalue weighted by atomic mass is 19.1. The molecule has 1 rings (SSSR count). The Kier molecular flexibility index (Phi) is 4.94. The van der Waals surface area contributed by atoms with Crippen molar-refractivity contribution in [2.75, 3.05) is 0 Å². The number of hydrogen-bond acceptors (Lipinski definition) is 1. The number of hydrogen-bond donors (Lipinski definition) is 1. The molecule has 0 amide bonds. The molecule has 2 heteroatoms. The van der Waals surface area contributed by atoms with Crippen molar-refractivity contribution < 1.29 is 4.39 Å². The van der Waals surface area contributed by atoms with Gasteiger partial charge in [0.15, 0.2) is 0 Å². The topological polar surface area (TPSA) is 12.0 Å². The zero-order valence-electron chi connectivity index (χ0n) is 10.7. The van der Waals surface area contributed by atoms with E-state index in [1.807, 2.05) is 12.1 Å². The van der Waals surface area contributed by atoms with Crippen molar-refractivity contribution in [3.05, 3.63) is 35.1 Å². The summed E-state index contributed by atoms with van der Waals surface area (Å²) >= 11 is 0. The lowest BCUT2D eigenvalue weighted by molar-refractivity contribution is 0.441. The molecule has 1 unspecified atom stereocenters. The van der Waals surface area contributed by atoms with Crippen LogP contribution in [0.2, 0.25) is 0 Å². The van der Waals surface area contributed by atoms with Gasteiger partial charge in [0.25, 0.3) is 0 Å². The average molecular weight is 223 g/mol. The zero-order valence-corrected chi connectivity index (χ0v) is 10.7. The molecule has 0 aliphatic carbocycles. The molecule has 0 radical (unpaired) electrons. The second-order valence-corrected chi connectivity index (χ2v) is 5.00. The van der Waals surface area contributed by atoms with E-state index < -0.39 is 0 Å². The van der Waals surface area contributed by atoms with Crippen LogP contribution in [-0.2, 0) is 6.54 Å². The smallest absolute Gasteiger partial charge is 0.126 e. The summed E-state index contributed by atoms with van der Waals surface area (Å²) in [4.78, 5) is 0. The predicted molar refractivity (Wildman–Crippen MR) is 66.9 cm³/mol. The maximum Gasteiger partial charge on any atom is 0.126 e. The molecule has 0 spiro atoms. The van der Waals surface area contributed by atoms with Crippen molar-refractivity contribution in [3.63, 3.8) is 0 Å². The Morgan fingerprint density at radius 2 is 1.94 bits per heavy atom. The van der Waals surface area contributed by atoms with Gasteiger partial charge < -0.3 is 5.32 Å². The molecule has 1 aromatic rings. The Hall–Kier alpha value is -0.890. The van der Waals surface area contributed by atoms with Gasteiger partial charge in [0.2, 0.25) is 0 Å². The maximum atomic E-state index is 13.3. The summed E-state index contributed by atoms with van der Waals surface area (Å²) in [6, 6.07) is 5.90. The van der Waals surface area contributed by atoms with Crippen LogP contribution in [-0.4, -0.2) is 6.04 Å². The summed E-state index contributed by atoms with van der Waals surface area (Å²) < 4.78 is 13.3. The molecule has 90 valence electrons. The molecular formula is C14H22FN. The number of halogens is 1. The van der Waals surface area contributed by atoms with Gasteiger partial charge in [-0.3, -0.25) is 0 Å². The number of nitrogens with one attached hydrogen (secondary N) is 1. The third-order valence-corrected chi connectivity index (χ3v) is 2.72. The number of benzene rings is 1. The average Bonchev–Trinajstić information content (AvgIpc) is 2.19. The molecule has 0 aliphatic heterocycles. The molecule has 0 saturated heterocycles. The Morgan fingerprint density at radius 1 is 1.25 bits per heavy atom. The maximum absolute atomic E-state index is 13.3. The van der Waals surface area contributed by atoms with Gasteiger partial charge in [0.1, 0.15) is 5.82 Å². The molecule has 0 fully saturated rings. The van der Waals surface area contributed by atoms with Gasteiger partial charge in [-0.2, -0.15) is 0 Å². The van der Waals surface area contributed by atoms with Crippen LogP contribution in [0.3, 0.4) is 0 Å². The van der Waals surface area contributed by atoms with Crippen molar-refractivity contribution in [3.8, 4) is 0 Å². The van der Waals surface area contributed by atoms with Crippen LogP contribution in [0.4, 0.5) is 4.39 Å². The van der Waals surface area contributed by atoms with Gasteiger partial charge in [-0.25, -0.2) is 4.39 Å². The largest absolute Gasteiger partial charge is 0.310 e. The summed E-state index contributed by atoms with van der Waals surface area (Å²) in [5.74, 6) is 0.577. The SMILES string of the molecule is Cc1ccc(CNC(C)CC(C)C)cc1F. The van der Waals surface area contributed by atoms with Gasteiger partial charge >= 0.3 is 0 Å². The number of rotatable bonds is 5. The van der Waals surface area contributed by atoms with Crippen molar-refractivity contribution in [1.82, 2.24) is 5.32 Å². The van der Waals surface area contributed by atoms with E-state index in [2.05, 4.69) is 26.1 Å². The van der Waals surface area contributed by atoms with Crippen molar-refractivity contribution in [2.24, 2.45) is 5.92 Å². The fourth-order valence-corrected chi connectivity index (χ4v) is 1.83. The minimum atomic E-state index is -0.115. The van der Waals surface area contributed by atoms with E-state index in [0.29, 0.717) is 17.5 Å². The molecule has 1 atom stereocenters. The summed E-state index contributed by atoms with van der Waals surface area (Å²) in [5.41, 5.74) is 1.72. The monoisotopic (exact) mass is 223 g/mol. The molecule has 0 bridgehead atoms. The second-order valence-electron chi connectivity index (χ2n) is 5.00. The fraction of sp³-hybridized carbons (Fsp3) is 0.571. The van der Waals surface area contributed by atoms with Crippen LogP contribution in [0.25, 0.3) is 0 Å². The second kappa shape index (κ2) is 6.00. The molecule has 1 N–H and O–H groups in total. The van der Waals surface area contributed by atoms with E-state index in [1.165, 1.54) is 0 Å². The summed E-state index contributed by atoms with van der Waals surface area (Å²) in [6.45, 7) is 9.12. The lowest BCUT2D eigenvalue weighted by atomic mass is 10.0.